The number of halogens is 2. The Kier molecular flexibility index (Phi) is 7.49. The van der Waals surface area contributed by atoms with Crippen LogP contribution in [-0.2, 0) is 10.0 Å². The van der Waals surface area contributed by atoms with Gasteiger partial charge in [-0.2, -0.15) is 0 Å². The van der Waals surface area contributed by atoms with Gasteiger partial charge in [0.1, 0.15) is 0 Å². The highest BCUT2D eigenvalue weighted by molar-refractivity contribution is 7.89. The lowest BCUT2D eigenvalue weighted by Gasteiger charge is -2.50. The largest absolute Gasteiger partial charge is 0.350 e. The van der Waals surface area contributed by atoms with E-state index in [1.54, 1.807) is 29.4 Å². The zero-order valence-corrected chi connectivity index (χ0v) is 19.1. The summed E-state index contributed by atoms with van der Waals surface area (Å²) in [5.74, 6) is -0.109. The molecule has 1 N–H and O–H groups in total. The Balaban J connectivity index is 1.73. The number of nitrogens with one attached hydrogen (secondary N) is 1. The SMILES string of the molecule is CCS(=O)(=O)N1CCC(CNC(=O)c2ccc(Cl)cc2Cl)(N2CCCCC2)CC1. The number of amides is 1. The lowest BCUT2D eigenvalue weighted by atomic mass is 9.84. The highest BCUT2D eigenvalue weighted by Crippen LogP contribution is 2.32. The number of sulfonamides is 1. The van der Waals surface area contributed by atoms with Gasteiger partial charge in [-0.15, -0.1) is 0 Å². The highest BCUT2D eigenvalue weighted by Gasteiger charge is 2.42. The average molecular weight is 462 g/mol. The fourth-order valence-corrected chi connectivity index (χ4v) is 5.95. The Labute approximate surface area is 183 Å². The monoisotopic (exact) mass is 461 g/mol. The van der Waals surface area contributed by atoms with E-state index in [-0.39, 0.29) is 17.2 Å². The molecule has 0 aliphatic carbocycles. The van der Waals surface area contributed by atoms with Crippen molar-refractivity contribution in [3.63, 3.8) is 0 Å². The third kappa shape index (κ3) is 5.25. The second kappa shape index (κ2) is 9.52. The second-order valence-corrected chi connectivity index (χ2v) is 11.0. The number of carbonyl (C=O) groups is 1. The summed E-state index contributed by atoms with van der Waals surface area (Å²) in [6.07, 6.45) is 4.91. The van der Waals surface area contributed by atoms with Crippen molar-refractivity contribution < 1.29 is 13.2 Å². The lowest BCUT2D eigenvalue weighted by Crippen LogP contribution is -2.62. The van der Waals surface area contributed by atoms with Gasteiger partial charge in [-0.3, -0.25) is 9.69 Å². The minimum atomic E-state index is -3.19. The molecule has 0 atom stereocenters. The normalized spacial score (nSPS) is 21.1. The van der Waals surface area contributed by atoms with Crippen LogP contribution in [0.4, 0.5) is 0 Å². The van der Waals surface area contributed by atoms with Crippen molar-refractivity contribution in [3.05, 3.63) is 33.8 Å². The van der Waals surface area contributed by atoms with Gasteiger partial charge >= 0.3 is 0 Å². The fraction of sp³-hybridized carbons (Fsp3) is 0.650. The molecular weight excluding hydrogens is 433 g/mol. The van der Waals surface area contributed by atoms with E-state index < -0.39 is 10.0 Å². The standard InChI is InChI=1S/C20H29Cl2N3O3S/c1-2-29(27,28)25-12-8-20(9-13-25,24-10-4-3-5-11-24)15-23-19(26)17-7-6-16(21)14-18(17)22/h6-7,14H,2-5,8-13,15H2,1H3,(H,23,26). The van der Waals surface area contributed by atoms with E-state index in [2.05, 4.69) is 10.2 Å². The van der Waals surface area contributed by atoms with Crippen LogP contribution in [0.2, 0.25) is 10.0 Å². The van der Waals surface area contributed by atoms with E-state index in [1.165, 1.54) is 6.42 Å². The fourth-order valence-electron chi connectivity index (χ4n) is 4.35. The number of piperidine rings is 2. The first-order chi connectivity index (χ1) is 13.8. The van der Waals surface area contributed by atoms with Crippen LogP contribution >= 0.6 is 23.2 Å². The van der Waals surface area contributed by atoms with Crippen LogP contribution in [0, 0.1) is 0 Å². The number of rotatable bonds is 6. The van der Waals surface area contributed by atoms with Gasteiger partial charge < -0.3 is 5.32 Å². The average Bonchev–Trinajstić information content (AvgIpc) is 2.73. The maximum absolute atomic E-state index is 12.8. The van der Waals surface area contributed by atoms with Crippen LogP contribution in [0.15, 0.2) is 18.2 Å². The van der Waals surface area contributed by atoms with Crippen molar-refractivity contribution in [3.8, 4) is 0 Å². The zero-order chi connectivity index (χ0) is 21.1. The van der Waals surface area contributed by atoms with Gasteiger partial charge in [0.2, 0.25) is 10.0 Å². The Bertz CT molecular complexity index is 833. The topological polar surface area (TPSA) is 69.7 Å². The maximum atomic E-state index is 12.8. The predicted molar refractivity (Wildman–Crippen MR) is 117 cm³/mol. The minimum Gasteiger partial charge on any atom is -0.350 e. The molecule has 2 aliphatic rings. The maximum Gasteiger partial charge on any atom is 0.252 e. The summed E-state index contributed by atoms with van der Waals surface area (Å²) >= 11 is 12.1. The van der Waals surface area contributed by atoms with E-state index in [0.717, 1.165) is 25.9 Å². The predicted octanol–water partition coefficient (Wildman–Crippen LogP) is 3.39. The number of carbonyl (C=O) groups excluding carboxylic acids is 1. The molecule has 6 nitrogen and oxygen atoms in total. The van der Waals surface area contributed by atoms with E-state index in [1.807, 2.05) is 0 Å². The molecule has 2 aliphatic heterocycles. The Morgan fingerprint density at radius 3 is 2.34 bits per heavy atom. The molecule has 1 aromatic rings. The second-order valence-electron chi connectivity index (χ2n) is 7.88. The van der Waals surface area contributed by atoms with Crippen molar-refractivity contribution in [1.82, 2.24) is 14.5 Å². The smallest absolute Gasteiger partial charge is 0.252 e. The molecule has 162 valence electrons. The zero-order valence-electron chi connectivity index (χ0n) is 16.8. The Hall–Kier alpha value is -0.860. The van der Waals surface area contributed by atoms with Gasteiger partial charge in [0.25, 0.3) is 5.91 Å². The molecule has 3 rings (SSSR count). The van der Waals surface area contributed by atoms with E-state index in [0.29, 0.717) is 48.1 Å². The number of hydrogen-bond donors (Lipinski definition) is 1. The van der Waals surface area contributed by atoms with E-state index >= 15 is 0 Å². The Morgan fingerprint density at radius 1 is 1.10 bits per heavy atom. The first-order valence-electron chi connectivity index (χ1n) is 10.2. The molecule has 1 amide bonds. The molecule has 9 heteroatoms. The van der Waals surface area contributed by atoms with Crippen molar-refractivity contribution >= 4 is 39.1 Å². The van der Waals surface area contributed by atoms with Gasteiger partial charge in [-0.25, -0.2) is 12.7 Å². The van der Waals surface area contributed by atoms with Gasteiger partial charge in [0.15, 0.2) is 0 Å². The van der Waals surface area contributed by atoms with Crippen LogP contribution in [0.1, 0.15) is 49.4 Å². The van der Waals surface area contributed by atoms with Crippen LogP contribution in [0.3, 0.4) is 0 Å². The van der Waals surface area contributed by atoms with Crippen molar-refractivity contribution in [1.29, 1.82) is 0 Å². The summed E-state index contributed by atoms with van der Waals surface area (Å²) in [6.45, 7) is 5.10. The summed E-state index contributed by atoms with van der Waals surface area (Å²) in [5.41, 5.74) is 0.172. The summed E-state index contributed by atoms with van der Waals surface area (Å²) in [6, 6.07) is 4.84. The molecule has 0 bridgehead atoms. The molecule has 0 unspecified atom stereocenters. The molecule has 2 heterocycles. The molecule has 2 fully saturated rings. The molecular formula is C20H29Cl2N3O3S. The van der Waals surface area contributed by atoms with Crippen molar-refractivity contribution in [2.45, 2.75) is 44.6 Å². The molecule has 29 heavy (non-hydrogen) atoms. The van der Waals surface area contributed by atoms with Gasteiger partial charge in [0, 0.05) is 30.2 Å². The van der Waals surface area contributed by atoms with Gasteiger partial charge in [0.05, 0.1) is 16.3 Å². The van der Waals surface area contributed by atoms with Crippen LogP contribution in [-0.4, -0.2) is 67.5 Å². The van der Waals surface area contributed by atoms with Crippen molar-refractivity contribution in [2.24, 2.45) is 0 Å². The molecule has 1 aromatic carbocycles. The van der Waals surface area contributed by atoms with E-state index in [4.69, 9.17) is 23.2 Å². The highest BCUT2D eigenvalue weighted by atomic mass is 35.5. The minimum absolute atomic E-state index is 0.121. The van der Waals surface area contributed by atoms with Crippen molar-refractivity contribution in [2.75, 3.05) is 38.5 Å². The number of nitrogens with zero attached hydrogens (tertiary/aromatic N) is 2. The molecule has 2 saturated heterocycles. The molecule has 0 spiro atoms. The van der Waals surface area contributed by atoms with Gasteiger partial charge in [-0.1, -0.05) is 29.6 Å². The summed E-state index contributed by atoms with van der Waals surface area (Å²) in [5, 5.41) is 3.87. The van der Waals surface area contributed by atoms with Crippen LogP contribution in [0.25, 0.3) is 0 Å². The van der Waals surface area contributed by atoms with Gasteiger partial charge in [-0.05, 0) is 63.9 Å². The third-order valence-electron chi connectivity index (χ3n) is 6.19. The lowest BCUT2D eigenvalue weighted by molar-refractivity contribution is 0.0243. The van der Waals surface area contributed by atoms with Crippen LogP contribution < -0.4 is 5.32 Å². The third-order valence-corrected chi connectivity index (χ3v) is 8.62. The summed E-state index contributed by atoms with van der Waals surface area (Å²) in [4.78, 5) is 15.2. The molecule has 0 radical (unpaired) electrons. The summed E-state index contributed by atoms with van der Waals surface area (Å²) < 4.78 is 26.1. The van der Waals surface area contributed by atoms with Crippen LogP contribution in [0.5, 0.6) is 0 Å². The number of hydrogen-bond acceptors (Lipinski definition) is 4. The molecule has 0 saturated carbocycles. The summed E-state index contributed by atoms with van der Waals surface area (Å²) in [7, 11) is -3.19. The Morgan fingerprint density at radius 2 is 1.76 bits per heavy atom. The first kappa shape index (κ1) is 22.8. The molecule has 0 aromatic heterocycles. The number of benzene rings is 1. The quantitative estimate of drug-likeness (QED) is 0.704. The number of likely N-dealkylation sites (tertiary alicyclic amines) is 1. The first-order valence-corrected chi connectivity index (χ1v) is 12.6. The van der Waals surface area contributed by atoms with E-state index in [9.17, 15) is 13.2 Å².